The highest BCUT2D eigenvalue weighted by molar-refractivity contribution is 7.46. The van der Waals surface area contributed by atoms with Crippen LogP contribution in [0.1, 0.15) is 35.8 Å². The van der Waals surface area contributed by atoms with Crippen LogP contribution in [0.15, 0.2) is 95.9 Å². The second kappa shape index (κ2) is 20.0. The van der Waals surface area contributed by atoms with Crippen molar-refractivity contribution in [2.24, 2.45) is 0 Å². The molecule has 4 aromatic rings. The third-order valence-corrected chi connectivity index (χ3v) is 11.3. The van der Waals surface area contributed by atoms with Crippen LogP contribution in [0.5, 0.6) is 11.5 Å². The summed E-state index contributed by atoms with van der Waals surface area (Å²) in [6.45, 7) is -2.60. The molecule has 0 aliphatic carbocycles. The molecule has 0 saturated carbocycles. The van der Waals surface area contributed by atoms with Gasteiger partial charge in [0.1, 0.15) is 35.5 Å². The molecule has 1 aliphatic heterocycles. The van der Waals surface area contributed by atoms with Crippen LogP contribution in [-0.4, -0.2) is 107 Å². The summed E-state index contributed by atoms with van der Waals surface area (Å²) in [6.07, 6.45) is -15.0. The molecule has 0 spiro atoms. The van der Waals surface area contributed by atoms with E-state index in [-0.39, 0.29) is 0 Å². The van der Waals surface area contributed by atoms with E-state index in [1.807, 2.05) is 0 Å². The molecular weight excluding hydrogens is 1040 g/mol. The Morgan fingerprint density at radius 1 is 0.676 bits per heavy atom. The zero-order valence-corrected chi connectivity index (χ0v) is 36.5. The highest BCUT2D eigenvalue weighted by Crippen LogP contribution is 2.64. The van der Waals surface area contributed by atoms with Gasteiger partial charge in [-0.2, -0.15) is 79.6 Å². The van der Waals surface area contributed by atoms with Crippen molar-refractivity contribution in [1.29, 1.82) is 0 Å². The van der Waals surface area contributed by atoms with Gasteiger partial charge < -0.3 is 28.7 Å². The molecule has 0 unspecified atom stereocenters. The van der Waals surface area contributed by atoms with Crippen LogP contribution in [0.2, 0.25) is 0 Å². The first-order valence-corrected chi connectivity index (χ1v) is 21.2. The smallest absolute Gasteiger partial charge is 0.469 e. The van der Waals surface area contributed by atoms with E-state index in [9.17, 15) is 93.8 Å². The number of benzene rings is 3. The van der Waals surface area contributed by atoms with E-state index < -0.39 is 117 Å². The van der Waals surface area contributed by atoms with Gasteiger partial charge in [-0.15, -0.1) is 0 Å². The summed E-state index contributed by atoms with van der Waals surface area (Å²) in [7, 11) is -2.46. The van der Waals surface area contributed by atoms with Crippen LogP contribution in [0.4, 0.5) is 80.5 Å². The molecule has 3 N–H and O–H groups in total. The van der Waals surface area contributed by atoms with E-state index in [1.165, 1.54) is 14.2 Å². The van der Waals surface area contributed by atoms with E-state index in [2.05, 4.69) is 9.82 Å². The topological polar surface area (TPSA) is 160 Å². The molecule has 3 atom stereocenters. The Balaban J connectivity index is 1.34. The van der Waals surface area contributed by atoms with Crippen molar-refractivity contribution < 1.29 is 117 Å². The van der Waals surface area contributed by atoms with Crippen LogP contribution in [0.3, 0.4) is 0 Å². The molecule has 0 bridgehead atoms. The fourth-order valence-corrected chi connectivity index (χ4v) is 7.51. The predicted molar refractivity (Wildman–Crippen MR) is 207 cm³/mol. The molecule has 5 rings (SSSR count). The number of hydrogen-bond donors (Lipinski definition) is 3. The first-order valence-electron chi connectivity index (χ1n) is 19.6. The SMILES string of the molecule is COc1ccc(C(OC[C@H]2O[C@@H](n3ccc(NOCCC(F)(F)C(F)(F)C(F)(F)C(F)(F)C(F)(F)C(F)(F)C(F)(F)C(F)(F)F)nc3=O)C[C@@H]2OP(=O)(O)O)(c2ccccc2)c2ccc(OC)cc2)cc1. The maximum atomic E-state index is 14.4. The number of halogens is 17. The van der Waals surface area contributed by atoms with Gasteiger partial charge in [-0.3, -0.25) is 13.9 Å². The number of methoxy groups -OCH3 is 2. The molecule has 31 heteroatoms. The highest BCUT2D eigenvalue weighted by atomic mass is 31.2. The Bertz CT molecular complexity index is 2500. The summed E-state index contributed by atoms with van der Waals surface area (Å²) in [4.78, 5) is 40.4. The van der Waals surface area contributed by atoms with Gasteiger partial charge >= 0.3 is 61.1 Å². The van der Waals surface area contributed by atoms with Crippen molar-refractivity contribution in [2.45, 2.75) is 84.5 Å². The van der Waals surface area contributed by atoms with Crippen LogP contribution < -0.4 is 20.6 Å². The minimum Gasteiger partial charge on any atom is -0.497 e. The number of ether oxygens (including phenoxy) is 4. The van der Waals surface area contributed by atoms with Gasteiger partial charge in [0, 0.05) is 19.0 Å². The molecule has 2 heterocycles. The molecular formula is C40H35F17N3O10P. The Morgan fingerprint density at radius 2 is 1.14 bits per heavy atom. The van der Waals surface area contributed by atoms with Gasteiger partial charge in [0.2, 0.25) is 0 Å². The summed E-state index contributed by atoms with van der Waals surface area (Å²) in [5, 5.41) is 0. The van der Waals surface area contributed by atoms with Crippen LogP contribution in [-0.2, 0) is 29.0 Å². The van der Waals surface area contributed by atoms with Crippen molar-refractivity contribution in [1.82, 2.24) is 9.55 Å². The number of aromatic nitrogens is 2. The number of nitrogens with one attached hydrogen (secondary N) is 1. The molecule has 1 aliphatic rings. The molecule has 13 nitrogen and oxygen atoms in total. The standard InChI is InChI=1S/C40H35F17N3O10P/c1-65-25-12-8-23(9-13-25)33(22-6-4-3-5-7-22,24-10-14-26(66-2)15-11-24)67-21-28-27(70-71(62,63)64)20-30(69-28)60-18-16-29(58-31(60)61)59-68-19-17-32(41,42)34(43,44)35(45,46)36(47,48)37(49,50)38(51,52)39(53,54)40(55,56)57/h3-16,18,27-28,30H,17,19-21H2,1-2H3,(H,58,59,61)(H2,62,63,64)/t27-,28+,30+/m0/s1. The largest absolute Gasteiger partial charge is 0.497 e. The lowest BCUT2D eigenvalue weighted by Crippen LogP contribution is -2.74. The van der Waals surface area contributed by atoms with E-state index in [0.717, 1.165) is 12.3 Å². The molecule has 3 aromatic carbocycles. The number of hydrogen-bond acceptors (Lipinski definition) is 10. The van der Waals surface area contributed by atoms with Crippen LogP contribution in [0, 0.1) is 0 Å². The number of alkyl halides is 17. The summed E-state index contributed by atoms with van der Waals surface area (Å²) in [6, 6.07) is 22.6. The first kappa shape index (κ1) is 56.7. The van der Waals surface area contributed by atoms with Crippen molar-refractivity contribution >= 4 is 13.6 Å². The molecule has 1 fully saturated rings. The van der Waals surface area contributed by atoms with Gasteiger partial charge in [0.25, 0.3) is 0 Å². The average Bonchev–Trinajstić information content (AvgIpc) is 3.68. The summed E-state index contributed by atoms with van der Waals surface area (Å²) in [5.41, 5.74) is 0.218. The van der Waals surface area contributed by atoms with Crippen molar-refractivity contribution in [2.75, 3.05) is 32.9 Å². The number of nitrogens with zero attached hydrogens (tertiary/aromatic N) is 2. The summed E-state index contributed by atoms with van der Waals surface area (Å²) >= 11 is 0. The second-order valence-corrected chi connectivity index (χ2v) is 16.4. The number of phosphoric acid groups is 1. The van der Waals surface area contributed by atoms with Crippen molar-refractivity contribution in [3.05, 3.63) is 118 Å². The Hall–Kier alpha value is -5.26. The predicted octanol–water partition coefficient (Wildman–Crippen LogP) is 9.78. The molecule has 0 radical (unpaired) electrons. The molecule has 1 aromatic heterocycles. The molecule has 0 amide bonds. The van der Waals surface area contributed by atoms with Gasteiger partial charge in [0.15, 0.2) is 5.82 Å². The van der Waals surface area contributed by atoms with E-state index in [4.69, 9.17) is 23.5 Å². The number of phosphoric ester groups is 1. The van der Waals surface area contributed by atoms with Crippen molar-refractivity contribution in [3.63, 3.8) is 0 Å². The normalized spacial score (nSPS) is 18.1. The highest BCUT2D eigenvalue weighted by Gasteiger charge is 2.95. The van der Waals surface area contributed by atoms with E-state index >= 15 is 0 Å². The van der Waals surface area contributed by atoms with Gasteiger partial charge in [-0.25, -0.2) is 14.8 Å². The van der Waals surface area contributed by atoms with Gasteiger partial charge in [-0.1, -0.05) is 54.6 Å². The van der Waals surface area contributed by atoms with E-state index in [1.54, 1.807) is 84.3 Å². The van der Waals surface area contributed by atoms with Crippen LogP contribution >= 0.6 is 7.82 Å². The average molecular weight is 1070 g/mol. The maximum Gasteiger partial charge on any atom is 0.469 e. The van der Waals surface area contributed by atoms with Gasteiger partial charge in [-0.05, 0) is 47.0 Å². The Morgan fingerprint density at radius 3 is 1.59 bits per heavy atom. The minimum absolute atomic E-state index is 0.463. The van der Waals surface area contributed by atoms with Gasteiger partial charge in [0.05, 0.1) is 27.4 Å². The third kappa shape index (κ3) is 10.5. The summed E-state index contributed by atoms with van der Waals surface area (Å²) in [5.74, 6) is -57.5. The lowest BCUT2D eigenvalue weighted by molar-refractivity contribution is -0.462. The fourth-order valence-electron chi connectivity index (χ4n) is 6.94. The molecule has 71 heavy (non-hydrogen) atoms. The lowest BCUT2D eigenvalue weighted by Gasteiger charge is -2.42. The monoisotopic (exact) mass is 1070 g/mol. The van der Waals surface area contributed by atoms with Crippen LogP contribution in [0.25, 0.3) is 0 Å². The Labute approximate surface area is 387 Å². The number of anilines is 1. The molecule has 1 saturated heterocycles. The molecule has 394 valence electrons. The van der Waals surface area contributed by atoms with Crippen molar-refractivity contribution in [3.8, 4) is 11.5 Å². The maximum absolute atomic E-state index is 14.4. The van der Waals surface area contributed by atoms with E-state index in [0.29, 0.717) is 32.8 Å². The zero-order chi connectivity index (χ0) is 53.4. The first-order chi connectivity index (χ1) is 32.6. The third-order valence-electron chi connectivity index (χ3n) is 10.7. The summed E-state index contributed by atoms with van der Waals surface area (Å²) < 4.78 is 273. The zero-order valence-electron chi connectivity index (χ0n) is 35.6. The lowest BCUT2D eigenvalue weighted by atomic mass is 9.80. The Kier molecular flexibility index (Phi) is 15.9. The quantitative estimate of drug-likeness (QED) is 0.0225. The fraction of sp³-hybridized carbons (Fsp3) is 0.450. The number of rotatable bonds is 22. The second-order valence-electron chi connectivity index (χ2n) is 15.2. The minimum atomic E-state index is -8.78.